The van der Waals surface area contributed by atoms with Gasteiger partial charge in [0.05, 0.1) is 6.26 Å². The van der Waals surface area contributed by atoms with Crippen LogP contribution in [0.1, 0.15) is 25.5 Å². The molecule has 1 aromatic rings. The summed E-state index contributed by atoms with van der Waals surface area (Å²) in [4.78, 5) is 0. The van der Waals surface area contributed by atoms with Gasteiger partial charge < -0.3 is 4.42 Å². The van der Waals surface area contributed by atoms with E-state index in [1.807, 2.05) is 19.1 Å². The summed E-state index contributed by atoms with van der Waals surface area (Å²) in [6, 6.07) is 4.17. The van der Waals surface area contributed by atoms with Crippen molar-refractivity contribution in [1.29, 1.82) is 0 Å². The van der Waals surface area contributed by atoms with Gasteiger partial charge in [-0.15, -0.1) is 6.58 Å². The highest BCUT2D eigenvalue weighted by molar-refractivity contribution is 4.99. The van der Waals surface area contributed by atoms with Gasteiger partial charge in [-0.05, 0) is 31.9 Å². The number of hydrogen-bond donors (Lipinski definition) is 2. The third kappa shape index (κ3) is 3.77. The summed E-state index contributed by atoms with van der Waals surface area (Å²) in [7, 11) is 0. The van der Waals surface area contributed by atoms with Crippen molar-refractivity contribution >= 4 is 0 Å². The zero-order chi connectivity index (χ0) is 10.4. The average Bonchev–Trinajstić information content (AvgIpc) is 2.64. The molecule has 0 saturated heterocycles. The number of hydrazine groups is 1. The second-order valence-electron chi connectivity index (χ2n) is 3.64. The first-order valence-electron chi connectivity index (χ1n) is 4.85. The van der Waals surface area contributed by atoms with Gasteiger partial charge in [-0.3, -0.25) is 11.3 Å². The number of hydrogen-bond acceptors (Lipinski definition) is 3. The van der Waals surface area contributed by atoms with Gasteiger partial charge in [0.1, 0.15) is 5.76 Å². The van der Waals surface area contributed by atoms with Crippen LogP contribution in [0.5, 0.6) is 0 Å². The molecule has 0 spiro atoms. The number of furan rings is 1. The summed E-state index contributed by atoms with van der Waals surface area (Å²) >= 11 is 0. The van der Waals surface area contributed by atoms with Gasteiger partial charge >= 0.3 is 0 Å². The molecule has 1 aromatic heterocycles. The largest absolute Gasteiger partial charge is 0.469 e. The maximum atomic E-state index is 5.44. The molecule has 1 heterocycles. The molecule has 0 amide bonds. The van der Waals surface area contributed by atoms with Gasteiger partial charge in [0.2, 0.25) is 0 Å². The van der Waals surface area contributed by atoms with E-state index in [0.717, 1.165) is 30.6 Å². The summed E-state index contributed by atoms with van der Waals surface area (Å²) in [5, 5.41) is 0. The fraction of sp³-hybridized carbons (Fsp3) is 0.455. The van der Waals surface area contributed by atoms with Crippen LogP contribution in [-0.4, -0.2) is 6.04 Å². The molecule has 0 bridgehead atoms. The van der Waals surface area contributed by atoms with Crippen molar-refractivity contribution in [3.8, 4) is 0 Å². The highest BCUT2D eigenvalue weighted by Crippen LogP contribution is 2.10. The first-order valence-corrected chi connectivity index (χ1v) is 4.85. The number of nitrogens with two attached hydrogens (primary N) is 1. The van der Waals surface area contributed by atoms with Crippen LogP contribution in [-0.2, 0) is 6.42 Å². The van der Waals surface area contributed by atoms with Gasteiger partial charge in [-0.1, -0.05) is 5.57 Å². The highest BCUT2D eigenvalue weighted by Gasteiger charge is 2.07. The Hall–Kier alpha value is -1.06. The summed E-state index contributed by atoms with van der Waals surface area (Å²) in [6.07, 6.45) is 4.49. The number of nitrogens with one attached hydrogen (secondary N) is 1. The second-order valence-corrected chi connectivity index (χ2v) is 3.64. The fourth-order valence-corrected chi connectivity index (χ4v) is 1.44. The van der Waals surface area contributed by atoms with Crippen molar-refractivity contribution < 1.29 is 4.42 Å². The Morgan fingerprint density at radius 3 is 3.00 bits per heavy atom. The Balaban J connectivity index is 2.30. The molecular weight excluding hydrogens is 176 g/mol. The number of rotatable bonds is 6. The Morgan fingerprint density at radius 2 is 2.50 bits per heavy atom. The predicted molar refractivity (Wildman–Crippen MR) is 57.6 cm³/mol. The van der Waals surface area contributed by atoms with E-state index in [-0.39, 0.29) is 6.04 Å². The van der Waals surface area contributed by atoms with Gasteiger partial charge in [0, 0.05) is 12.5 Å². The van der Waals surface area contributed by atoms with E-state index in [9.17, 15) is 0 Å². The fourth-order valence-electron chi connectivity index (χ4n) is 1.44. The summed E-state index contributed by atoms with van der Waals surface area (Å²) in [5.74, 6) is 6.45. The molecule has 1 rings (SSSR count). The summed E-state index contributed by atoms with van der Waals surface area (Å²) in [5.41, 5.74) is 3.94. The monoisotopic (exact) mass is 194 g/mol. The maximum Gasteiger partial charge on any atom is 0.103 e. The van der Waals surface area contributed by atoms with Crippen molar-refractivity contribution in [1.82, 2.24) is 5.43 Å². The molecule has 1 unspecified atom stereocenters. The first kappa shape index (κ1) is 11.0. The van der Waals surface area contributed by atoms with Crippen LogP contribution in [0, 0.1) is 0 Å². The molecule has 3 nitrogen and oxygen atoms in total. The van der Waals surface area contributed by atoms with Crippen LogP contribution in [0.3, 0.4) is 0 Å². The average molecular weight is 194 g/mol. The molecule has 3 N–H and O–H groups in total. The molecule has 78 valence electrons. The molecule has 3 heteroatoms. The minimum absolute atomic E-state index is 0.289. The lowest BCUT2D eigenvalue weighted by molar-refractivity contribution is 0.447. The second kappa shape index (κ2) is 5.62. The molecule has 1 atom stereocenters. The third-order valence-corrected chi connectivity index (χ3v) is 2.15. The van der Waals surface area contributed by atoms with Crippen LogP contribution in [0.25, 0.3) is 0 Å². The molecule has 0 radical (unpaired) electrons. The molecule has 0 aliphatic rings. The summed E-state index contributed by atoms with van der Waals surface area (Å²) < 4.78 is 5.24. The van der Waals surface area contributed by atoms with Crippen molar-refractivity contribution in [3.05, 3.63) is 36.3 Å². The van der Waals surface area contributed by atoms with E-state index in [1.54, 1.807) is 6.26 Å². The molecule has 0 saturated carbocycles. The highest BCUT2D eigenvalue weighted by atomic mass is 16.3. The minimum atomic E-state index is 0.289. The Labute approximate surface area is 85.0 Å². The SMILES string of the molecule is C=C(C)CC(CCc1ccco1)NN. The van der Waals surface area contributed by atoms with E-state index >= 15 is 0 Å². The predicted octanol–water partition coefficient (Wildman–Crippen LogP) is 2.01. The topological polar surface area (TPSA) is 51.2 Å². The Kier molecular flexibility index (Phi) is 4.43. The Morgan fingerprint density at radius 1 is 1.71 bits per heavy atom. The molecule has 0 aromatic carbocycles. The first-order chi connectivity index (χ1) is 6.72. The van der Waals surface area contributed by atoms with E-state index in [1.165, 1.54) is 0 Å². The van der Waals surface area contributed by atoms with Crippen molar-refractivity contribution in [2.24, 2.45) is 5.84 Å². The number of aryl methyl sites for hydroxylation is 1. The van der Waals surface area contributed by atoms with Crippen LogP contribution < -0.4 is 11.3 Å². The van der Waals surface area contributed by atoms with E-state index in [2.05, 4.69) is 12.0 Å². The quantitative estimate of drug-likeness (QED) is 0.414. The summed E-state index contributed by atoms with van der Waals surface area (Å²) in [6.45, 7) is 5.88. The zero-order valence-electron chi connectivity index (χ0n) is 8.62. The lowest BCUT2D eigenvalue weighted by Gasteiger charge is -2.14. The van der Waals surface area contributed by atoms with Crippen LogP contribution in [0.2, 0.25) is 0 Å². The van der Waals surface area contributed by atoms with Gasteiger partial charge in [-0.25, -0.2) is 0 Å². The third-order valence-electron chi connectivity index (χ3n) is 2.15. The van der Waals surface area contributed by atoms with E-state index < -0.39 is 0 Å². The lowest BCUT2D eigenvalue weighted by Crippen LogP contribution is -2.35. The normalized spacial score (nSPS) is 12.7. The molecule has 0 aliphatic heterocycles. The van der Waals surface area contributed by atoms with Crippen molar-refractivity contribution in [2.45, 2.75) is 32.2 Å². The van der Waals surface area contributed by atoms with Gasteiger partial charge in [-0.2, -0.15) is 0 Å². The molecular formula is C11H18N2O. The zero-order valence-corrected chi connectivity index (χ0v) is 8.62. The van der Waals surface area contributed by atoms with Crippen molar-refractivity contribution in [3.63, 3.8) is 0 Å². The standard InChI is InChI=1S/C11H18N2O/c1-9(2)8-10(13-12)5-6-11-4-3-7-14-11/h3-4,7,10,13H,1,5-6,8,12H2,2H3. The van der Waals surface area contributed by atoms with Gasteiger partial charge in [0.15, 0.2) is 0 Å². The molecule has 0 fully saturated rings. The van der Waals surface area contributed by atoms with Crippen LogP contribution in [0.15, 0.2) is 35.0 Å². The molecule has 0 aliphatic carbocycles. The van der Waals surface area contributed by atoms with Crippen LogP contribution >= 0.6 is 0 Å². The van der Waals surface area contributed by atoms with E-state index in [0.29, 0.717) is 0 Å². The maximum absolute atomic E-state index is 5.44. The lowest BCUT2D eigenvalue weighted by atomic mass is 10.0. The van der Waals surface area contributed by atoms with E-state index in [4.69, 9.17) is 10.3 Å². The van der Waals surface area contributed by atoms with Crippen LogP contribution in [0.4, 0.5) is 0 Å². The van der Waals surface area contributed by atoms with Gasteiger partial charge in [0.25, 0.3) is 0 Å². The Bertz CT molecular complexity index is 267. The minimum Gasteiger partial charge on any atom is -0.469 e. The smallest absolute Gasteiger partial charge is 0.103 e. The van der Waals surface area contributed by atoms with Crippen molar-refractivity contribution in [2.75, 3.05) is 0 Å². The molecule has 14 heavy (non-hydrogen) atoms.